The van der Waals surface area contributed by atoms with E-state index in [1.165, 1.54) is 36.2 Å². The van der Waals surface area contributed by atoms with E-state index in [0.717, 1.165) is 57.4 Å². The van der Waals surface area contributed by atoms with Crippen LogP contribution < -0.4 is 0 Å². The SMILES string of the molecule is CC(=O)[C@H](c1ccccc1Cl)N1CC[C@@H](OCCCCc2ccc3c(n2)CCCC3)C1. The van der Waals surface area contributed by atoms with Crippen molar-refractivity contribution in [2.75, 3.05) is 19.7 Å². The Morgan fingerprint density at radius 2 is 2.03 bits per heavy atom. The fourth-order valence-corrected chi connectivity index (χ4v) is 5.16. The van der Waals surface area contributed by atoms with Crippen molar-refractivity contribution in [3.05, 3.63) is 63.9 Å². The van der Waals surface area contributed by atoms with Crippen LogP contribution in [0.15, 0.2) is 36.4 Å². The summed E-state index contributed by atoms with van der Waals surface area (Å²) < 4.78 is 6.15. The number of ether oxygens (including phenoxy) is 1. The Labute approximate surface area is 191 Å². The predicted molar refractivity (Wildman–Crippen MR) is 125 cm³/mol. The third-order valence-corrected chi connectivity index (χ3v) is 6.89. The molecule has 0 unspecified atom stereocenters. The Morgan fingerprint density at radius 1 is 1.19 bits per heavy atom. The van der Waals surface area contributed by atoms with Gasteiger partial charge in [0.05, 0.1) is 12.1 Å². The minimum atomic E-state index is -0.280. The molecule has 0 radical (unpaired) electrons. The standard InChI is InChI=1S/C26H33ClN2O2/c1-19(30)26(23-10-3-4-11-24(23)27)29-16-15-22(18-29)31-17-7-6-9-21-14-13-20-8-2-5-12-25(20)28-21/h3-4,10-11,13-14,22,26H,2,5-9,12,15-18H2,1H3/t22-,26-/m1/s1. The van der Waals surface area contributed by atoms with Gasteiger partial charge in [-0.25, -0.2) is 0 Å². The summed E-state index contributed by atoms with van der Waals surface area (Å²) >= 11 is 6.37. The van der Waals surface area contributed by atoms with Crippen molar-refractivity contribution in [1.29, 1.82) is 0 Å². The number of aryl methyl sites for hydroxylation is 3. The fraction of sp³-hybridized carbons (Fsp3) is 0.538. The number of aromatic nitrogens is 1. The van der Waals surface area contributed by atoms with Crippen LogP contribution >= 0.6 is 11.6 Å². The van der Waals surface area contributed by atoms with E-state index in [0.29, 0.717) is 5.02 Å². The van der Waals surface area contributed by atoms with Crippen LogP contribution in [0.5, 0.6) is 0 Å². The number of carbonyl (C=O) groups is 1. The number of benzene rings is 1. The van der Waals surface area contributed by atoms with E-state index in [2.05, 4.69) is 17.0 Å². The molecule has 1 fully saturated rings. The molecule has 1 aliphatic heterocycles. The molecule has 0 N–H and O–H groups in total. The van der Waals surface area contributed by atoms with E-state index in [4.69, 9.17) is 21.3 Å². The average Bonchev–Trinajstić information content (AvgIpc) is 3.23. The molecule has 0 amide bonds. The second kappa shape index (κ2) is 10.7. The van der Waals surface area contributed by atoms with Crippen LogP contribution in [0.25, 0.3) is 0 Å². The Morgan fingerprint density at radius 3 is 2.87 bits per heavy atom. The van der Waals surface area contributed by atoms with Gasteiger partial charge >= 0.3 is 0 Å². The molecule has 0 bridgehead atoms. The van der Waals surface area contributed by atoms with Crippen molar-refractivity contribution in [3.63, 3.8) is 0 Å². The highest BCUT2D eigenvalue weighted by atomic mass is 35.5. The number of nitrogens with zero attached hydrogens (tertiary/aromatic N) is 2. The summed E-state index contributed by atoms with van der Waals surface area (Å²) in [4.78, 5) is 19.5. The van der Waals surface area contributed by atoms with Crippen LogP contribution in [0.1, 0.15) is 67.6 Å². The van der Waals surface area contributed by atoms with Crippen molar-refractivity contribution in [1.82, 2.24) is 9.88 Å². The first-order chi connectivity index (χ1) is 15.1. The van der Waals surface area contributed by atoms with Crippen molar-refractivity contribution >= 4 is 17.4 Å². The van der Waals surface area contributed by atoms with Crippen LogP contribution in [0.4, 0.5) is 0 Å². The Bertz CT molecular complexity index is 901. The van der Waals surface area contributed by atoms with Crippen LogP contribution in [0.3, 0.4) is 0 Å². The zero-order valence-electron chi connectivity index (χ0n) is 18.5. The van der Waals surface area contributed by atoms with E-state index in [-0.39, 0.29) is 17.9 Å². The van der Waals surface area contributed by atoms with Crippen LogP contribution in [-0.4, -0.2) is 41.5 Å². The fourth-order valence-electron chi connectivity index (χ4n) is 4.92. The Balaban J connectivity index is 1.21. The molecule has 0 saturated carbocycles. The van der Waals surface area contributed by atoms with Gasteiger partial charge in [-0.05, 0) is 81.5 Å². The van der Waals surface area contributed by atoms with Crippen LogP contribution in [0.2, 0.25) is 5.02 Å². The largest absolute Gasteiger partial charge is 0.377 e. The van der Waals surface area contributed by atoms with Gasteiger partial charge in [0.2, 0.25) is 0 Å². The number of fused-ring (bicyclic) bond motifs is 1. The molecule has 1 aromatic heterocycles. The molecule has 2 aromatic rings. The lowest BCUT2D eigenvalue weighted by atomic mass is 9.95. The lowest BCUT2D eigenvalue weighted by Gasteiger charge is -2.26. The predicted octanol–water partition coefficient (Wildman–Crippen LogP) is 5.36. The van der Waals surface area contributed by atoms with Crippen molar-refractivity contribution in [2.45, 2.75) is 70.4 Å². The van der Waals surface area contributed by atoms with Gasteiger partial charge < -0.3 is 4.74 Å². The number of Topliss-reactive ketones (excluding diaryl/α,β-unsaturated/α-hetero) is 1. The summed E-state index contributed by atoms with van der Waals surface area (Å²) in [5.74, 6) is 0.131. The van der Waals surface area contributed by atoms with Gasteiger partial charge in [0, 0.05) is 36.1 Å². The summed E-state index contributed by atoms with van der Waals surface area (Å²) in [5.41, 5.74) is 4.89. The maximum absolute atomic E-state index is 12.4. The maximum atomic E-state index is 12.4. The molecule has 1 aromatic carbocycles. The number of ketones is 1. The van der Waals surface area contributed by atoms with Crippen LogP contribution in [-0.2, 0) is 28.8 Å². The number of hydrogen-bond acceptors (Lipinski definition) is 4. The molecule has 2 heterocycles. The summed E-state index contributed by atoms with van der Waals surface area (Å²) in [6.07, 6.45) is 9.20. The van der Waals surface area contributed by atoms with Gasteiger partial charge in [0.25, 0.3) is 0 Å². The van der Waals surface area contributed by atoms with Gasteiger partial charge in [0.1, 0.15) is 0 Å². The van der Waals surface area contributed by atoms with E-state index >= 15 is 0 Å². The molecule has 31 heavy (non-hydrogen) atoms. The topological polar surface area (TPSA) is 42.4 Å². The first-order valence-corrected chi connectivity index (χ1v) is 12.1. The molecule has 4 rings (SSSR count). The number of rotatable bonds is 9. The average molecular weight is 441 g/mol. The number of carbonyl (C=O) groups excluding carboxylic acids is 1. The summed E-state index contributed by atoms with van der Waals surface area (Å²) in [7, 11) is 0. The van der Waals surface area contributed by atoms with E-state index in [1.807, 2.05) is 24.3 Å². The first kappa shape index (κ1) is 22.4. The summed E-state index contributed by atoms with van der Waals surface area (Å²) in [6.45, 7) is 4.05. The van der Waals surface area contributed by atoms with Gasteiger partial charge in [-0.3, -0.25) is 14.7 Å². The second-order valence-electron chi connectivity index (χ2n) is 8.88. The van der Waals surface area contributed by atoms with Crippen molar-refractivity contribution in [3.8, 4) is 0 Å². The lowest BCUT2D eigenvalue weighted by molar-refractivity contribution is -0.122. The smallest absolute Gasteiger partial charge is 0.151 e. The van der Waals surface area contributed by atoms with E-state index in [1.54, 1.807) is 6.92 Å². The third kappa shape index (κ3) is 5.74. The number of unbranched alkanes of at least 4 members (excludes halogenated alkanes) is 1. The summed E-state index contributed by atoms with van der Waals surface area (Å²) in [5, 5.41) is 0.655. The number of halogens is 1. The Hall–Kier alpha value is -1.75. The molecule has 2 aliphatic rings. The van der Waals surface area contributed by atoms with Crippen LogP contribution in [0, 0.1) is 0 Å². The van der Waals surface area contributed by atoms with Gasteiger partial charge in [0.15, 0.2) is 5.78 Å². The molecule has 166 valence electrons. The van der Waals surface area contributed by atoms with E-state index < -0.39 is 0 Å². The van der Waals surface area contributed by atoms with Gasteiger partial charge in [-0.15, -0.1) is 0 Å². The molecule has 1 aliphatic carbocycles. The maximum Gasteiger partial charge on any atom is 0.151 e. The molecular formula is C26H33ClN2O2. The number of likely N-dealkylation sites (tertiary alicyclic amines) is 1. The van der Waals surface area contributed by atoms with Crippen molar-refractivity contribution < 1.29 is 9.53 Å². The molecule has 0 spiro atoms. The minimum absolute atomic E-state index is 0.131. The van der Waals surface area contributed by atoms with E-state index in [9.17, 15) is 4.79 Å². The molecule has 4 nitrogen and oxygen atoms in total. The minimum Gasteiger partial charge on any atom is -0.377 e. The highest BCUT2D eigenvalue weighted by Gasteiger charge is 2.33. The molecule has 1 saturated heterocycles. The quantitative estimate of drug-likeness (QED) is 0.492. The first-order valence-electron chi connectivity index (χ1n) is 11.7. The zero-order valence-corrected chi connectivity index (χ0v) is 19.2. The third-order valence-electron chi connectivity index (χ3n) is 6.54. The lowest BCUT2D eigenvalue weighted by Crippen LogP contribution is -2.32. The normalized spacial score (nSPS) is 19.9. The second-order valence-corrected chi connectivity index (χ2v) is 9.29. The van der Waals surface area contributed by atoms with Gasteiger partial charge in [-0.1, -0.05) is 35.9 Å². The van der Waals surface area contributed by atoms with Gasteiger partial charge in [-0.2, -0.15) is 0 Å². The molecular weight excluding hydrogens is 408 g/mol. The molecule has 2 atom stereocenters. The highest BCUT2D eigenvalue weighted by molar-refractivity contribution is 6.31. The van der Waals surface area contributed by atoms with Crippen molar-refractivity contribution in [2.24, 2.45) is 0 Å². The number of hydrogen-bond donors (Lipinski definition) is 0. The Kier molecular flexibility index (Phi) is 7.76. The monoisotopic (exact) mass is 440 g/mol. The number of pyridine rings is 1. The highest BCUT2D eigenvalue weighted by Crippen LogP contribution is 2.31. The summed E-state index contributed by atoms with van der Waals surface area (Å²) in [6, 6.07) is 11.9. The zero-order chi connectivity index (χ0) is 21.6. The molecule has 5 heteroatoms.